The largest absolute Gasteiger partial charge is 0.392 e. The maximum Gasteiger partial charge on any atom is 0.233 e. The quantitative estimate of drug-likeness (QED) is 0.531. The van der Waals surface area contributed by atoms with Gasteiger partial charge in [0.1, 0.15) is 0 Å². The maximum atomic E-state index is 12.7. The first-order valence-corrected chi connectivity index (χ1v) is 8.97. The summed E-state index contributed by atoms with van der Waals surface area (Å²) in [5.41, 5.74) is 5.28. The first kappa shape index (κ1) is 20.4. The van der Waals surface area contributed by atoms with E-state index in [0.717, 1.165) is 38.6 Å². The van der Waals surface area contributed by atoms with Crippen molar-refractivity contribution in [1.82, 2.24) is 5.32 Å². The summed E-state index contributed by atoms with van der Waals surface area (Å²) in [5, 5.41) is 3.13. The highest BCUT2D eigenvalue weighted by atomic mass is 32.1. The van der Waals surface area contributed by atoms with Crippen LogP contribution in [0.25, 0.3) is 0 Å². The lowest BCUT2D eigenvalue weighted by molar-refractivity contribution is -0.128. The van der Waals surface area contributed by atoms with E-state index < -0.39 is 5.41 Å². The molecule has 1 atom stereocenters. The van der Waals surface area contributed by atoms with Gasteiger partial charge in [-0.1, -0.05) is 72.0 Å². The molecule has 3 nitrogen and oxygen atoms in total. The molecule has 0 aromatic rings. The van der Waals surface area contributed by atoms with Crippen LogP contribution in [-0.4, -0.2) is 17.4 Å². The summed E-state index contributed by atoms with van der Waals surface area (Å²) in [6.45, 7) is 9.28. The molecule has 1 unspecified atom stereocenters. The monoisotopic (exact) mass is 314 g/mol. The van der Waals surface area contributed by atoms with Gasteiger partial charge in [0.25, 0.3) is 0 Å². The van der Waals surface area contributed by atoms with Crippen LogP contribution in [0.3, 0.4) is 0 Å². The van der Waals surface area contributed by atoms with Gasteiger partial charge in [0, 0.05) is 6.54 Å². The van der Waals surface area contributed by atoms with Crippen molar-refractivity contribution in [2.45, 2.75) is 79.1 Å². The fourth-order valence-corrected chi connectivity index (χ4v) is 3.21. The standard InChI is InChI=1S/C17H34N2OS/c1-5-9-10-14(8-4)13-19-16(20)17(11-6-2,12-7-3)15(18)21/h14H,5-13H2,1-4H3,(H2,18,21)(H,19,20). The van der Waals surface area contributed by atoms with Gasteiger partial charge in [-0.25, -0.2) is 0 Å². The van der Waals surface area contributed by atoms with E-state index in [0.29, 0.717) is 10.9 Å². The van der Waals surface area contributed by atoms with Gasteiger partial charge < -0.3 is 11.1 Å². The summed E-state index contributed by atoms with van der Waals surface area (Å²) in [7, 11) is 0. The zero-order valence-electron chi connectivity index (χ0n) is 14.3. The number of hydrogen-bond donors (Lipinski definition) is 2. The number of carbonyl (C=O) groups excluding carboxylic acids is 1. The van der Waals surface area contributed by atoms with Gasteiger partial charge >= 0.3 is 0 Å². The van der Waals surface area contributed by atoms with E-state index in [-0.39, 0.29) is 5.91 Å². The summed E-state index contributed by atoms with van der Waals surface area (Å²) in [5.74, 6) is 0.592. The topological polar surface area (TPSA) is 55.1 Å². The highest BCUT2D eigenvalue weighted by molar-refractivity contribution is 7.80. The lowest BCUT2D eigenvalue weighted by Gasteiger charge is -2.31. The third-order valence-electron chi connectivity index (χ3n) is 4.35. The molecule has 0 saturated heterocycles. The average Bonchev–Trinajstić information content (AvgIpc) is 2.46. The smallest absolute Gasteiger partial charge is 0.233 e. The molecule has 0 rings (SSSR count). The van der Waals surface area contributed by atoms with Crippen LogP contribution in [0, 0.1) is 11.3 Å². The molecule has 21 heavy (non-hydrogen) atoms. The molecule has 4 heteroatoms. The Labute approximate surface area is 136 Å². The number of nitrogens with one attached hydrogen (secondary N) is 1. The number of hydrogen-bond acceptors (Lipinski definition) is 2. The molecule has 0 saturated carbocycles. The van der Waals surface area contributed by atoms with Crippen LogP contribution in [0.1, 0.15) is 79.1 Å². The van der Waals surface area contributed by atoms with Gasteiger partial charge in [0.15, 0.2) is 0 Å². The minimum atomic E-state index is -0.651. The molecule has 124 valence electrons. The van der Waals surface area contributed by atoms with E-state index in [1.54, 1.807) is 0 Å². The molecule has 0 aromatic carbocycles. The molecule has 0 radical (unpaired) electrons. The van der Waals surface area contributed by atoms with Crippen molar-refractivity contribution in [3.05, 3.63) is 0 Å². The van der Waals surface area contributed by atoms with Crippen LogP contribution in [0.2, 0.25) is 0 Å². The maximum absolute atomic E-state index is 12.7. The van der Waals surface area contributed by atoms with Crippen molar-refractivity contribution in [2.24, 2.45) is 17.1 Å². The molecule has 1 amide bonds. The molecule has 3 N–H and O–H groups in total. The Balaban J connectivity index is 4.76. The number of rotatable bonds is 12. The summed E-state index contributed by atoms with van der Waals surface area (Å²) in [6.07, 6.45) is 8.01. The number of unbranched alkanes of at least 4 members (excludes halogenated alkanes) is 1. The van der Waals surface area contributed by atoms with E-state index in [1.807, 2.05) is 0 Å². The first-order valence-electron chi connectivity index (χ1n) is 8.56. The van der Waals surface area contributed by atoms with Crippen LogP contribution < -0.4 is 11.1 Å². The molecule has 0 heterocycles. The predicted molar refractivity (Wildman–Crippen MR) is 95.4 cm³/mol. The fourth-order valence-electron chi connectivity index (χ4n) is 2.91. The second-order valence-corrected chi connectivity index (χ2v) is 6.51. The van der Waals surface area contributed by atoms with Gasteiger partial charge in [0.05, 0.1) is 10.4 Å². The van der Waals surface area contributed by atoms with Gasteiger partial charge in [-0.15, -0.1) is 0 Å². The van der Waals surface area contributed by atoms with E-state index in [4.69, 9.17) is 18.0 Å². The molecule has 0 aliphatic heterocycles. The molecule has 0 aliphatic carbocycles. The lowest BCUT2D eigenvalue weighted by atomic mass is 9.78. The Kier molecular flexibility index (Phi) is 10.7. The molecule has 0 bridgehead atoms. The molecular weight excluding hydrogens is 280 g/mol. The Morgan fingerprint density at radius 1 is 1.14 bits per heavy atom. The number of thiocarbonyl (C=S) groups is 1. The van der Waals surface area contributed by atoms with E-state index >= 15 is 0 Å². The summed E-state index contributed by atoms with van der Waals surface area (Å²) in [6, 6.07) is 0. The molecule has 0 fully saturated rings. The van der Waals surface area contributed by atoms with Crippen LogP contribution in [0.5, 0.6) is 0 Å². The first-order chi connectivity index (χ1) is 9.98. The summed E-state index contributed by atoms with van der Waals surface area (Å²) >= 11 is 5.23. The third-order valence-corrected chi connectivity index (χ3v) is 4.75. The normalized spacial score (nSPS) is 13.0. The van der Waals surface area contributed by atoms with Crippen molar-refractivity contribution >= 4 is 23.1 Å². The van der Waals surface area contributed by atoms with Crippen molar-refractivity contribution in [2.75, 3.05) is 6.54 Å². The minimum absolute atomic E-state index is 0.0358. The van der Waals surface area contributed by atoms with Crippen molar-refractivity contribution in [1.29, 1.82) is 0 Å². The average molecular weight is 315 g/mol. The molecular formula is C17H34N2OS. The van der Waals surface area contributed by atoms with E-state index in [1.165, 1.54) is 19.3 Å². The Morgan fingerprint density at radius 2 is 1.71 bits per heavy atom. The van der Waals surface area contributed by atoms with Crippen molar-refractivity contribution in [3.8, 4) is 0 Å². The third kappa shape index (κ3) is 6.33. The molecule has 0 aromatic heterocycles. The zero-order chi connectivity index (χ0) is 16.3. The van der Waals surface area contributed by atoms with E-state index in [9.17, 15) is 4.79 Å². The van der Waals surface area contributed by atoms with Gasteiger partial charge in [0.2, 0.25) is 5.91 Å². The Morgan fingerprint density at radius 3 is 2.10 bits per heavy atom. The van der Waals surface area contributed by atoms with Crippen LogP contribution >= 0.6 is 12.2 Å². The Hall–Kier alpha value is -0.640. The molecule has 0 spiro atoms. The second kappa shape index (κ2) is 11.0. The van der Waals surface area contributed by atoms with E-state index in [2.05, 4.69) is 33.0 Å². The predicted octanol–water partition coefficient (Wildman–Crippen LogP) is 4.19. The number of carbonyl (C=O) groups is 1. The summed E-state index contributed by atoms with van der Waals surface area (Å²) < 4.78 is 0. The second-order valence-electron chi connectivity index (χ2n) is 6.07. The number of amides is 1. The van der Waals surface area contributed by atoms with Gasteiger partial charge in [-0.2, -0.15) is 0 Å². The Bertz CT molecular complexity index is 312. The minimum Gasteiger partial charge on any atom is -0.392 e. The van der Waals surface area contributed by atoms with Crippen LogP contribution in [0.15, 0.2) is 0 Å². The SMILES string of the molecule is CCCCC(CC)CNC(=O)C(CCC)(CCC)C(N)=S. The molecule has 0 aliphatic rings. The van der Waals surface area contributed by atoms with Crippen LogP contribution in [0.4, 0.5) is 0 Å². The highest BCUT2D eigenvalue weighted by Gasteiger charge is 2.39. The summed E-state index contributed by atoms with van der Waals surface area (Å²) in [4.78, 5) is 13.1. The van der Waals surface area contributed by atoms with Crippen molar-refractivity contribution < 1.29 is 4.79 Å². The highest BCUT2D eigenvalue weighted by Crippen LogP contribution is 2.31. The zero-order valence-corrected chi connectivity index (χ0v) is 15.2. The van der Waals surface area contributed by atoms with Gasteiger partial charge in [-0.05, 0) is 25.2 Å². The fraction of sp³-hybridized carbons (Fsp3) is 0.882. The van der Waals surface area contributed by atoms with Crippen molar-refractivity contribution in [3.63, 3.8) is 0 Å². The van der Waals surface area contributed by atoms with Gasteiger partial charge in [-0.3, -0.25) is 4.79 Å². The van der Waals surface area contributed by atoms with Crippen LogP contribution in [-0.2, 0) is 4.79 Å². The lowest BCUT2D eigenvalue weighted by Crippen LogP contribution is -2.49. The number of nitrogens with two attached hydrogens (primary N) is 1.